The Bertz CT molecular complexity index is 241. The van der Waals surface area contributed by atoms with E-state index >= 15 is 0 Å². The number of allylic oxidation sites excluding steroid dienone is 1. The molecule has 0 saturated carbocycles. The molecular weight excluding hydrogens is 136 g/mol. The molecule has 0 fully saturated rings. The van der Waals surface area contributed by atoms with Gasteiger partial charge in [0.25, 0.3) is 0 Å². The van der Waals surface area contributed by atoms with E-state index in [1.54, 1.807) is 0 Å². The SMILES string of the molecule is CC(C)C1=CN=C(C#N)CC1. The fraction of sp³-hybridized carbons (Fsp3) is 0.556. The van der Waals surface area contributed by atoms with E-state index in [0.717, 1.165) is 12.8 Å². The predicted molar refractivity (Wildman–Crippen MR) is 45.2 cm³/mol. The second-order valence-electron chi connectivity index (χ2n) is 3.05. The van der Waals surface area contributed by atoms with Gasteiger partial charge in [-0.3, -0.25) is 4.99 Å². The topological polar surface area (TPSA) is 36.1 Å². The lowest BCUT2D eigenvalue weighted by atomic mass is 9.97. The van der Waals surface area contributed by atoms with Crippen LogP contribution in [-0.4, -0.2) is 5.71 Å². The molecule has 0 aromatic heterocycles. The van der Waals surface area contributed by atoms with Crippen molar-refractivity contribution < 1.29 is 0 Å². The number of aliphatic imine (C=N–C) groups is 1. The summed E-state index contributed by atoms with van der Waals surface area (Å²) >= 11 is 0. The van der Waals surface area contributed by atoms with Crippen LogP contribution >= 0.6 is 0 Å². The first-order valence-electron chi connectivity index (χ1n) is 3.89. The molecule has 0 spiro atoms. The number of hydrogen-bond acceptors (Lipinski definition) is 2. The van der Waals surface area contributed by atoms with Crippen molar-refractivity contribution in [2.45, 2.75) is 26.7 Å². The Balaban J connectivity index is 2.71. The number of rotatable bonds is 1. The molecule has 1 heterocycles. The Labute approximate surface area is 67.3 Å². The molecular formula is C9H12N2. The Morgan fingerprint density at radius 3 is 2.64 bits per heavy atom. The predicted octanol–water partition coefficient (Wildman–Crippen LogP) is 2.28. The lowest BCUT2D eigenvalue weighted by Gasteiger charge is -2.12. The van der Waals surface area contributed by atoms with Crippen molar-refractivity contribution in [2.24, 2.45) is 10.9 Å². The highest BCUT2D eigenvalue weighted by molar-refractivity contribution is 5.99. The summed E-state index contributed by atoms with van der Waals surface area (Å²) < 4.78 is 0. The smallest absolute Gasteiger partial charge is 0.118 e. The van der Waals surface area contributed by atoms with Crippen molar-refractivity contribution in [3.63, 3.8) is 0 Å². The van der Waals surface area contributed by atoms with Crippen molar-refractivity contribution in [3.8, 4) is 6.07 Å². The highest BCUT2D eigenvalue weighted by Crippen LogP contribution is 2.19. The number of nitriles is 1. The first kappa shape index (κ1) is 8.00. The summed E-state index contributed by atoms with van der Waals surface area (Å²) in [6.45, 7) is 4.30. The van der Waals surface area contributed by atoms with Crippen LogP contribution in [0.25, 0.3) is 0 Å². The standard InChI is InChI=1S/C9H12N2/c1-7(2)8-3-4-9(5-10)11-6-8/h6-7H,3-4H2,1-2H3. The molecule has 0 bridgehead atoms. The summed E-state index contributed by atoms with van der Waals surface area (Å²) in [5.74, 6) is 0.569. The summed E-state index contributed by atoms with van der Waals surface area (Å²) in [7, 11) is 0. The molecule has 0 amide bonds. The van der Waals surface area contributed by atoms with E-state index in [4.69, 9.17) is 5.26 Å². The Morgan fingerprint density at radius 1 is 1.55 bits per heavy atom. The minimum atomic E-state index is 0.569. The number of hydrogen-bond donors (Lipinski definition) is 0. The molecule has 1 aliphatic rings. The normalized spacial score (nSPS) is 17.3. The van der Waals surface area contributed by atoms with E-state index in [9.17, 15) is 0 Å². The molecule has 0 aromatic rings. The quantitative estimate of drug-likeness (QED) is 0.562. The van der Waals surface area contributed by atoms with E-state index in [2.05, 4.69) is 24.9 Å². The minimum Gasteiger partial charge on any atom is -0.250 e. The molecule has 0 atom stereocenters. The van der Waals surface area contributed by atoms with Crippen molar-refractivity contribution in [1.82, 2.24) is 0 Å². The molecule has 1 rings (SSSR count). The van der Waals surface area contributed by atoms with E-state index < -0.39 is 0 Å². The van der Waals surface area contributed by atoms with Crippen LogP contribution in [0, 0.1) is 17.2 Å². The van der Waals surface area contributed by atoms with E-state index in [1.165, 1.54) is 5.57 Å². The zero-order chi connectivity index (χ0) is 8.27. The van der Waals surface area contributed by atoms with Crippen molar-refractivity contribution in [2.75, 3.05) is 0 Å². The van der Waals surface area contributed by atoms with Crippen molar-refractivity contribution in [3.05, 3.63) is 11.8 Å². The van der Waals surface area contributed by atoms with Gasteiger partial charge in [-0.25, -0.2) is 0 Å². The van der Waals surface area contributed by atoms with Crippen LogP contribution in [0.15, 0.2) is 16.8 Å². The molecule has 2 heteroatoms. The Hall–Kier alpha value is -1.10. The maximum Gasteiger partial charge on any atom is 0.118 e. The van der Waals surface area contributed by atoms with Gasteiger partial charge >= 0.3 is 0 Å². The maximum absolute atomic E-state index is 8.51. The summed E-state index contributed by atoms with van der Waals surface area (Å²) in [5.41, 5.74) is 2.01. The highest BCUT2D eigenvalue weighted by atomic mass is 14.7. The van der Waals surface area contributed by atoms with Gasteiger partial charge in [-0.2, -0.15) is 5.26 Å². The summed E-state index contributed by atoms with van der Waals surface area (Å²) in [4.78, 5) is 4.04. The maximum atomic E-state index is 8.51. The Kier molecular flexibility index (Phi) is 2.43. The fourth-order valence-corrected chi connectivity index (χ4v) is 1.08. The zero-order valence-corrected chi connectivity index (χ0v) is 6.96. The minimum absolute atomic E-state index is 0.569. The van der Waals surface area contributed by atoms with Gasteiger partial charge in [-0.1, -0.05) is 13.8 Å². The van der Waals surface area contributed by atoms with Gasteiger partial charge in [0.1, 0.15) is 11.8 Å². The van der Waals surface area contributed by atoms with Crippen LogP contribution in [-0.2, 0) is 0 Å². The molecule has 0 saturated heterocycles. The second-order valence-corrected chi connectivity index (χ2v) is 3.05. The van der Waals surface area contributed by atoms with Crippen LogP contribution in [0.2, 0.25) is 0 Å². The molecule has 0 aliphatic carbocycles. The van der Waals surface area contributed by atoms with Gasteiger partial charge in [-0.05, 0) is 17.9 Å². The first-order valence-corrected chi connectivity index (χ1v) is 3.89. The zero-order valence-electron chi connectivity index (χ0n) is 6.96. The van der Waals surface area contributed by atoms with Gasteiger partial charge in [0.2, 0.25) is 0 Å². The second kappa shape index (κ2) is 3.34. The molecule has 2 nitrogen and oxygen atoms in total. The lowest BCUT2D eigenvalue weighted by Crippen LogP contribution is -2.04. The van der Waals surface area contributed by atoms with Crippen molar-refractivity contribution in [1.29, 1.82) is 5.26 Å². The summed E-state index contributed by atoms with van der Waals surface area (Å²) in [6.07, 6.45) is 3.66. The third-order valence-corrected chi connectivity index (χ3v) is 1.91. The van der Waals surface area contributed by atoms with Gasteiger partial charge < -0.3 is 0 Å². The van der Waals surface area contributed by atoms with Crippen LogP contribution < -0.4 is 0 Å². The van der Waals surface area contributed by atoms with Gasteiger partial charge in [-0.15, -0.1) is 0 Å². The molecule has 1 aliphatic heterocycles. The monoisotopic (exact) mass is 148 g/mol. The van der Waals surface area contributed by atoms with Gasteiger partial charge in [0.05, 0.1) is 0 Å². The largest absolute Gasteiger partial charge is 0.250 e. The Morgan fingerprint density at radius 2 is 2.27 bits per heavy atom. The van der Waals surface area contributed by atoms with Crippen LogP contribution in [0.4, 0.5) is 0 Å². The third kappa shape index (κ3) is 1.91. The van der Waals surface area contributed by atoms with Gasteiger partial charge in [0, 0.05) is 12.6 Å². The average molecular weight is 148 g/mol. The van der Waals surface area contributed by atoms with E-state index in [1.807, 2.05) is 6.20 Å². The molecule has 0 aromatic carbocycles. The fourth-order valence-electron chi connectivity index (χ4n) is 1.08. The van der Waals surface area contributed by atoms with E-state index in [-0.39, 0.29) is 0 Å². The molecule has 0 unspecified atom stereocenters. The molecule has 11 heavy (non-hydrogen) atoms. The van der Waals surface area contributed by atoms with E-state index in [0.29, 0.717) is 11.6 Å². The van der Waals surface area contributed by atoms with Gasteiger partial charge in [0.15, 0.2) is 0 Å². The van der Waals surface area contributed by atoms with Crippen LogP contribution in [0.3, 0.4) is 0 Å². The van der Waals surface area contributed by atoms with Crippen LogP contribution in [0.5, 0.6) is 0 Å². The molecule has 58 valence electrons. The molecule has 0 radical (unpaired) electrons. The molecule has 0 N–H and O–H groups in total. The summed E-state index contributed by atoms with van der Waals surface area (Å²) in [6, 6.07) is 2.07. The van der Waals surface area contributed by atoms with Crippen LogP contribution in [0.1, 0.15) is 26.7 Å². The number of nitrogens with zero attached hydrogens (tertiary/aromatic N) is 2. The summed E-state index contributed by atoms with van der Waals surface area (Å²) in [5, 5.41) is 8.51. The first-order chi connectivity index (χ1) is 5.24. The highest BCUT2D eigenvalue weighted by Gasteiger charge is 2.09. The van der Waals surface area contributed by atoms with Crippen molar-refractivity contribution >= 4 is 5.71 Å². The average Bonchev–Trinajstić information content (AvgIpc) is 2.05. The third-order valence-electron chi connectivity index (χ3n) is 1.91. The lowest BCUT2D eigenvalue weighted by molar-refractivity contribution is 0.711.